The van der Waals surface area contributed by atoms with Crippen molar-refractivity contribution in [2.24, 2.45) is 0 Å². The molecule has 0 bridgehead atoms. The standard InChI is InChI=1S/C21H25.C19H22.C5H5.2ClH.Zr/c1-20(2,3)16-7-9-18-14(12-16)11-15-13-17(21(4,5)6)8-10-19(15)18;1-14(2)18-9-5-16(6-10-18)13-17-7-11-19(12-8-17)15(3)4;1-2-4-5-3-1;;;/h7-10,12H,11H2,1-6H3;5-12,14-15H,1-4H3;1-3H,4H2;2*1H;/q;;;;;+2/p-2. The summed E-state index contributed by atoms with van der Waals surface area (Å²) < 4.78 is 5.02. The minimum atomic E-state index is -2.81. The maximum Gasteiger partial charge on any atom is -1.00 e. The molecule has 0 saturated carbocycles. The van der Waals surface area contributed by atoms with Gasteiger partial charge in [-0.25, -0.2) is 0 Å². The summed E-state index contributed by atoms with van der Waals surface area (Å²) in [5, 5.41) is 0. The minimum absolute atomic E-state index is 0. The van der Waals surface area contributed by atoms with Crippen molar-refractivity contribution in [1.29, 1.82) is 0 Å². The van der Waals surface area contributed by atoms with Crippen LogP contribution in [0.3, 0.4) is 0 Å². The first kappa shape index (κ1) is 38.5. The molecule has 2 aliphatic carbocycles. The maximum atomic E-state index is 2.51. The Bertz CT molecular complexity index is 1820. The summed E-state index contributed by atoms with van der Waals surface area (Å²) >= 11 is -2.81. The van der Waals surface area contributed by atoms with E-state index in [1.165, 1.54) is 44.5 Å². The maximum absolute atomic E-state index is 2.81. The van der Waals surface area contributed by atoms with Crippen LogP contribution < -0.4 is 28.1 Å². The van der Waals surface area contributed by atoms with Crippen molar-refractivity contribution in [2.45, 2.75) is 105 Å². The molecule has 0 spiro atoms. The first-order valence-electron chi connectivity index (χ1n) is 17.4. The SMILES string of the molecule is CC(C)c1ccc([C](c2ccc(C(C)C)cc2)=[Zr+2]([C]2=CC=CC2)[c]2c(C(C)(C)C)ccc3c2Cc2cc(C(C)(C)C)ccc2-3)cc1.[Cl-].[Cl-]. The first-order valence-corrected chi connectivity index (χ1v) is 21.0. The molecule has 0 N–H and O–H groups in total. The van der Waals surface area contributed by atoms with Gasteiger partial charge >= 0.3 is 288 Å². The zero-order chi connectivity index (χ0) is 33.0. The van der Waals surface area contributed by atoms with Crippen molar-refractivity contribution in [3.63, 3.8) is 0 Å². The van der Waals surface area contributed by atoms with Crippen molar-refractivity contribution in [1.82, 2.24) is 0 Å². The summed E-state index contributed by atoms with van der Waals surface area (Å²) in [6.07, 6.45) is 9.31. The molecule has 2 aliphatic rings. The zero-order valence-corrected chi connectivity index (χ0v) is 34.5. The van der Waals surface area contributed by atoms with Crippen LogP contribution in [0.15, 0.2) is 100 Å². The van der Waals surface area contributed by atoms with E-state index in [4.69, 9.17) is 0 Å². The van der Waals surface area contributed by atoms with Gasteiger partial charge in [0.1, 0.15) is 0 Å². The van der Waals surface area contributed by atoms with Gasteiger partial charge in [-0.05, 0) is 0 Å². The summed E-state index contributed by atoms with van der Waals surface area (Å²) in [7, 11) is 0. The van der Waals surface area contributed by atoms with Crippen LogP contribution in [0.1, 0.15) is 132 Å². The third kappa shape index (κ3) is 7.55. The molecule has 0 aromatic heterocycles. The van der Waals surface area contributed by atoms with Gasteiger partial charge in [0.2, 0.25) is 0 Å². The Hall–Kier alpha value is -2.31. The monoisotopic (exact) mass is 752 g/mol. The molecule has 0 amide bonds. The zero-order valence-electron chi connectivity index (χ0n) is 30.6. The Morgan fingerprint density at radius 1 is 0.646 bits per heavy atom. The van der Waals surface area contributed by atoms with Gasteiger partial charge in [-0.3, -0.25) is 0 Å². The molecule has 0 fully saturated rings. The Labute approximate surface area is 311 Å². The normalized spacial score (nSPS) is 13.4. The van der Waals surface area contributed by atoms with E-state index in [1.807, 2.05) is 0 Å². The Morgan fingerprint density at radius 2 is 1.19 bits per heavy atom. The van der Waals surface area contributed by atoms with Crippen molar-refractivity contribution in [2.75, 3.05) is 0 Å². The minimum Gasteiger partial charge on any atom is -1.00 e. The Kier molecular flexibility index (Phi) is 11.9. The van der Waals surface area contributed by atoms with E-state index >= 15 is 0 Å². The fourth-order valence-electron chi connectivity index (χ4n) is 7.26. The van der Waals surface area contributed by atoms with Gasteiger partial charge in [-0.2, -0.15) is 0 Å². The van der Waals surface area contributed by atoms with Crippen LogP contribution in [0.5, 0.6) is 0 Å². The third-order valence-electron chi connectivity index (χ3n) is 10.1. The number of allylic oxidation sites excluding steroid dienone is 4. The van der Waals surface area contributed by atoms with Crippen LogP contribution in [0, 0.1) is 0 Å². The molecular weight excluding hydrogens is 703 g/mol. The number of benzene rings is 4. The van der Waals surface area contributed by atoms with Crippen molar-refractivity contribution < 1.29 is 46.1 Å². The molecule has 0 atom stereocenters. The average Bonchev–Trinajstić information content (AvgIpc) is 3.67. The van der Waals surface area contributed by atoms with Crippen LogP contribution >= 0.6 is 0 Å². The summed E-state index contributed by atoms with van der Waals surface area (Å²) in [5.41, 5.74) is 14.8. The van der Waals surface area contributed by atoms with E-state index in [2.05, 4.69) is 166 Å². The van der Waals surface area contributed by atoms with Gasteiger partial charge in [-0.15, -0.1) is 0 Å². The number of fused-ring (bicyclic) bond motifs is 3. The van der Waals surface area contributed by atoms with Crippen LogP contribution in [-0.2, 0) is 38.5 Å². The van der Waals surface area contributed by atoms with E-state index in [-0.39, 0.29) is 35.6 Å². The molecule has 4 aromatic rings. The first-order chi connectivity index (χ1) is 21.7. The number of rotatable bonds is 6. The second-order valence-electron chi connectivity index (χ2n) is 16.2. The predicted octanol–water partition coefficient (Wildman–Crippen LogP) is 5.46. The molecule has 3 heteroatoms. The van der Waals surface area contributed by atoms with Gasteiger partial charge in [0, 0.05) is 0 Å². The smallest absolute Gasteiger partial charge is 1.00 e. The van der Waals surface area contributed by atoms with Gasteiger partial charge in [0.05, 0.1) is 0 Å². The summed E-state index contributed by atoms with van der Waals surface area (Å²) in [6.45, 7) is 23.5. The molecule has 250 valence electrons. The predicted molar refractivity (Wildman–Crippen MR) is 198 cm³/mol. The fourth-order valence-corrected chi connectivity index (χ4v) is 16.2. The summed E-state index contributed by atoms with van der Waals surface area (Å²) in [6, 6.07) is 31.6. The van der Waals surface area contributed by atoms with Crippen molar-refractivity contribution in [3.8, 4) is 11.1 Å². The molecule has 6 rings (SSSR count). The third-order valence-corrected chi connectivity index (χ3v) is 17.8. The molecule has 48 heavy (non-hydrogen) atoms. The molecule has 0 heterocycles. The molecule has 0 nitrogen and oxygen atoms in total. The van der Waals surface area contributed by atoms with Gasteiger partial charge in [0.15, 0.2) is 0 Å². The largest absolute Gasteiger partial charge is 1.00 e. The number of halogens is 2. The Morgan fingerprint density at radius 3 is 1.65 bits per heavy atom. The van der Waals surface area contributed by atoms with E-state index in [9.17, 15) is 0 Å². The van der Waals surface area contributed by atoms with E-state index in [1.54, 1.807) is 20.9 Å². The molecule has 0 unspecified atom stereocenters. The number of hydrogen-bond acceptors (Lipinski definition) is 0. The second kappa shape index (κ2) is 14.9. The van der Waals surface area contributed by atoms with E-state index in [0.717, 1.165) is 12.8 Å². The molecule has 4 aromatic carbocycles. The molecule has 0 saturated heterocycles. The van der Waals surface area contributed by atoms with Crippen LogP contribution in [0.25, 0.3) is 11.1 Å². The van der Waals surface area contributed by atoms with Crippen LogP contribution in [-0.4, -0.2) is 3.21 Å². The van der Waals surface area contributed by atoms with Gasteiger partial charge < -0.3 is 24.8 Å². The van der Waals surface area contributed by atoms with E-state index < -0.39 is 21.3 Å². The fraction of sp³-hybridized carbons (Fsp3) is 0.356. The Balaban J connectivity index is 0.00000260. The quantitative estimate of drug-likeness (QED) is 0.216. The molecular formula is C45H52Cl2Zr. The molecule has 0 aliphatic heterocycles. The number of hydrogen-bond donors (Lipinski definition) is 0. The topological polar surface area (TPSA) is 0 Å². The summed E-state index contributed by atoms with van der Waals surface area (Å²) in [5.74, 6) is 1.04. The average molecular weight is 755 g/mol. The van der Waals surface area contributed by atoms with Crippen molar-refractivity contribution >= 4 is 6.48 Å². The van der Waals surface area contributed by atoms with E-state index in [0.29, 0.717) is 11.8 Å². The van der Waals surface area contributed by atoms with Gasteiger partial charge in [0.25, 0.3) is 0 Å². The second-order valence-corrected chi connectivity index (χ2v) is 22.1. The van der Waals surface area contributed by atoms with Crippen LogP contribution in [0.2, 0.25) is 0 Å². The van der Waals surface area contributed by atoms with Crippen LogP contribution in [0.4, 0.5) is 0 Å². The summed E-state index contributed by atoms with van der Waals surface area (Å²) in [4.78, 5) is 0. The molecule has 0 radical (unpaired) electrons. The van der Waals surface area contributed by atoms with Crippen molar-refractivity contribution in [3.05, 3.63) is 145 Å². The van der Waals surface area contributed by atoms with Gasteiger partial charge in [-0.1, -0.05) is 0 Å².